The van der Waals surface area contributed by atoms with Crippen molar-refractivity contribution in [1.82, 2.24) is 5.32 Å². The molecular formula is C16H18N2S2. The Morgan fingerprint density at radius 3 is 2.80 bits per heavy atom. The number of thioether (sulfide) groups is 1. The summed E-state index contributed by atoms with van der Waals surface area (Å²) >= 11 is 3.67. The van der Waals surface area contributed by atoms with E-state index in [0.29, 0.717) is 6.04 Å². The average molecular weight is 302 g/mol. The molecule has 1 N–H and O–H groups in total. The van der Waals surface area contributed by atoms with Gasteiger partial charge in [-0.2, -0.15) is 0 Å². The smallest absolute Gasteiger partial charge is 0.157 e. The van der Waals surface area contributed by atoms with Gasteiger partial charge < -0.3 is 5.32 Å². The standard InChI is InChI=1S/C16H18N2S2/c1-12-7-8-15(20-12)10-17-16-18-14(11-19-16)9-13-5-3-2-4-6-13/h2-8,14H,9-11H2,1H3,(H,17,18). The summed E-state index contributed by atoms with van der Waals surface area (Å²) in [5, 5.41) is 4.63. The molecule has 2 nitrogen and oxygen atoms in total. The van der Waals surface area contributed by atoms with Gasteiger partial charge in [0.25, 0.3) is 0 Å². The molecule has 1 aliphatic rings. The van der Waals surface area contributed by atoms with E-state index >= 15 is 0 Å². The molecular weight excluding hydrogens is 284 g/mol. The molecule has 0 amide bonds. The van der Waals surface area contributed by atoms with Crippen LogP contribution in [0.5, 0.6) is 0 Å². The van der Waals surface area contributed by atoms with Gasteiger partial charge in [0.15, 0.2) is 5.17 Å². The topological polar surface area (TPSA) is 24.4 Å². The number of amidine groups is 1. The van der Waals surface area contributed by atoms with E-state index in [4.69, 9.17) is 0 Å². The summed E-state index contributed by atoms with van der Waals surface area (Å²) < 4.78 is 0. The van der Waals surface area contributed by atoms with Gasteiger partial charge in [0.1, 0.15) is 0 Å². The zero-order valence-electron chi connectivity index (χ0n) is 11.5. The molecule has 1 aromatic heterocycles. The lowest BCUT2D eigenvalue weighted by Crippen LogP contribution is -2.28. The van der Waals surface area contributed by atoms with Crippen molar-refractivity contribution < 1.29 is 0 Å². The first-order valence-corrected chi connectivity index (χ1v) is 8.63. The molecule has 1 aromatic carbocycles. The Balaban J connectivity index is 1.54. The SMILES string of the molecule is Cc1ccc(CN=C2NC(Cc3ccccc3)CS2)s1. The monoisotopic (exact) mass is 302 g/mol. The van der Waals surface area contributed by atoms with Crippen LogP contribution < -0.4 is 5.32 Å². The van der Waals surface area contributed by atoms with Crippen molar-refractivity contribution in [2.75, 3.05) is 5.75 Å². The third kappa shape index (κ3) is 3.64. The largest absolute Gasteiger partial charge is 0.361 e. The third-order valence-corrected chi connectivity index (χ3v) is 5.32. The van der Waals surface area contributed by atoms with Gasteiger partial charge in [-0.1, -0.05) is 42.1 Å². The molecule has 0 spiro atoms. The Hall–Kier alpha value is -1.26. The number of thiophene rings is 1. The fourth-order valence-electron chi connectivity index (χ4n) is 2.26. The third-order valence-electron chi connectivity index (χ3n) is 3.25. The number of benzene rings is 1. The Bertz CT molecular complexity index is 590. The fraction of sp³-hybridized carbons (Fsp3) is 0.312. The van der Waals surface area contributed by atoms with Crippen molar-refractivity contribution in [3.05, 3.63) is 57.8 Å². The highest BCUT2D eigenvalue weighted by Gasteiger charge is 2.20. The molecule has 1 fully saturated rings. The van der Waals surface area contributed by atoms with Gasteiger partial charge in [0, 0.05) is 21.5 Å². The predicted molar refractivity (Wildman–Crippen MR) is 89.7 cm³/mol. The molecule has 20 heavy (non-hydrogen) atoms. The molecule has 0 bridgehead atoms. The molecule has 0 aliphatic carbocycles. The van der Waals surface area contributed by atoms with Gasteiger partial charge in [-0.15, -0.1) is 11.3 Å². The van der Waals surface area contributed by atoms with E-state index in [2.05, 4.69) is 59.7 Å². The maximum absolute atomic E-state index is 4.68. The summed E-state index contributed by atoms with van der Waals surface area (Å²) in [5.41, 5.74) is 1.39. The first-order chi connectivity index (χ1) is 9.79. The fourth-order valence-corrected chi connectivity index (χ4v) is 4.04. The van der Waals surface area contributed by atoms with E-state index in [1.165, 1.54) is 15.3 Å². The highest BCUT2D eigenvalue weighted by molar-refractivity contribution is 8.14. The summed E-state index contributed by atoms with van der Waals surface area (Å²) in [4.78, 5) is 7.37. The summed E-state index contributed by atoms with van der Waals surface area (Å²) in [7, 11) is 0. The van der Waals surface area contributed by atoms with E-state index in [-0.39, 0.29) is 0 Å². The second-order valence-corrected chi connectivity index (χ2v) is 7.36. The van der Waals surface area contributed by atoms with Gasteiger partial charge in [-0.25, -0.2) is 0 Å². The van der Waals surface area contributed by atoms with Gasteiger partial charge in [-0.3, -0.25) is 4.99 Å². The lowest BCUT2D eigenvalue weighted by Gasteiger charge is -2.09. The second-order valence-electron chi connectivity index (χ2n) is 4.98. The molecule has 3 rings (SSSR count). The minimum Gasteiger partial charge on any atom is -0.361 e. The molecule has 4 heteroatoms. The average Bonchev–Trinajstić information content (AvgIpc) is 3.07. The second kappa shape index (κ2) is 6.46. The molecule has 1 atom stereocenters. The van der Waals surface area contributed by atoms with Crippen LogP contribution >= 0.6 is 23.1 Å². The number of aliphatic imine (C=N–C) groups is 1. The van der Waals surface area contributed by atoms with Crippen LogP contribution in [0.4, 0.5) is 0 Å². The molecule has 1 aliphatic heterocycles. The number of aryl methyl sites for hydroxylation is 1. The highest BCUT2D eigenvalue weighted by Crippen LogP contribution is 2.20. The summed E-state index contributed by atoms with van der Waals surface area (Å²) in [6, 6.07) is 15.5. The molecule has 1 saturated heterocycles. The van der Waals surface area contributed by atoms with Crippen LogP contribution in [0.2, 0.25) is 0 Å². The van der Waals surface area contributed by atoms with Crippen LogP contribution in [-0.2, 0) is 13.0 Å². The quantitative estimate of drug-likeness (QED) is 0.927. The Morgan fingerprint density at radius 2 is 2.05 bits per heavy atom. The van der Waals surface area contributed by atoms with Crippen molar-refractivity contribution in [3.8, 4) is 0 Å². The van der Waals surface area contributed by atoms with Crippen LogP contribution in [0.15, 0.2) is 47.5 Å². The van der Waals surface area contributed by atoms with Crippen LogP contribution in [0, 0.1) is 6.92 Å². The van der Waals surface area contributed by atoms with Crippen molar-refractivity contribution in [3.63, 3.8) is 0 Å². The number of nitrogens with zero attached hydrogens (tertiary/aromatic N) is 1. The van der Waals surface area contributed by atoms with Crippen molar-refractivity contribution in [2.45, 2.75) is 25.9 Å². The van der Waals surface area contributed by atoms with E-state index in [9.17, 15) is 0 Å². The van der Waals surface area contributed by atoms with Gasteiger partial charge in [0.05, 0.1) is 6.54 Å². The van der Waals surface area contributed by atoms with Gasteiger partial charge in [-0.05, 0) is 31.0 Å². The van der Waals surface area contributed by atoms with E-state index < -0.39 is 0 Å². The lowest BCUT2D eigenvalue weighted by molar-refractivity contribution is 0.686. The van der Waals surface area contributed by atoms with Gasteiger partial charge >= 0.3 is 0 Å². The van der Waals surface area contributed by atoms with Crippen molar-refractivity contribution >= 4 is 28.3 Å². The molecule has 2 aromatic rings. The minimum absolute atomic E-state index is 0.506. The Kier molecular flexibility index (Phi) is 4.43. The zero-order valence-corrected chi connectivity index (χ0v) is 13.1. The minimum atomic E-state index is 0.506. The summed E-state index contributed by atoms with van der Waals surface area (Å²) in [6.45, 7) is 2.94. The van der Waals surface area contributed by atoms with E-state index in [1.54, 1.807) is 0 Å². The summed E-state index contributed by atoms with van der Waals surface area (Å²) in [5.74, 6) is 1.11. The van der Waals surface area contributed by atoms with Crippen LogP contribution in [-0.4, -0.2) is 17.0 Å². The van der Waals surface area contributed by atoms with Crippen LogP contribution in [0.1, 0.15) is 15.3 Å². The van der Waals surface area contributed by atoms with Crippen molar-refractivity contribution in [1.29, 1.82) is 0 Å². The van der Waals surface area contributed by atoms with E-state index in [1.807, 2.05) is 23.1 Å². The Labute approximate surface area is 128 Å². The summed E-state index contributed by atoms with van der Waals surface area (Å²) in [6.07, 6.45) is 1.07. The highest BCUT2D eigenvalue weighted by atomic mass is 32.2. The molecule has 0 saturated carbocycles. The maximum Gasteiger partial charge on any atom is 0.157 e. The zero-order chi connectivity index (χ0) is 13.8. The van der Waals surface area contributed by atoms with E-state index in [0.717, 1.165) is 23.9 Å². The Morgan fingerprint density at radius 1 is 1.20 bits per heavy atom. The predicted octanol–water partition coefficient (Wildman–Crippen LogP) is 3.86. The molecule has 1 unspecified atom stereocenters. The number of hydrogen-bond donors (Lipinski definition) is 1. The van der Waals surface area contributed by atoms with Crippen LogP contribution in [0.25, 0.3) is 0 Å². The van der Waals surface area contributed by atoms with Gasteiger partial charge in [0.2, 0.25) is 0 Å². The van der Waals surface area contributed by atoms with Crippen molar-refractivity contribution in [2.24, 2.45) is 4.99 Å². The molecule has 0 radical (unpaired) electrons. The first kappa shape index (κ1) is 13.7. The lowest BCUT2D eigenvalue weighted by atomic mass is 10.1. The number of nitrogens with one attached hydrogen (secondary N) is 1. The van der Waals surface area contributed by atoms with Crippen LogP contribution in [0.3, 0.4) is 0 Å². The molecule has 104 valence electrons. The normalized spacial score (nSPS) is 20.2. The molecule has 2 heterocycles. The number of rotatable bonds is 4. The first-order valence-electron chi connectivity index (χ1n) is 6.82. The number of hydrogen-bond acceptors (Lipinski definition) is 3. The maximum atomic E-state index is 4.68.